The summed E-state index contributed by atoms with van der Waals surface area (Å²) in [7, 11) is 0. The second kappa shape index (κ2) is 7.60. The molecule has 0 aliphatic rings. The van der Waals surface area contributed by atoms with Crippen molar-refractivity contribution >= 4 is 17.4 Å². The maximum atomic E-state index is 13.5. The van der Waals surface area contributed by atoms with Crippen LogP contribution in [0.15, 0.2) is 54.9 Å². The number of carbonyl (C=O) groups is 1. The molecule has 0 fully saturated rings. The lowest BCUT2D eigenvalue weighted by Crippen LogP contribution is -2.19. The molecule has 3 aromatic rings. The summed E-state index contributed by atoms with van der Waals surface area (Å²) in [5.74, 6) is -0.480. The largest absolute Gasteiger partial charge is 0.421 e. The molecule has 6 nitrogen and oxygen atoms in total. The quantitative estimate of drug-likeness (QED) is 0.715. The van der Waals surface area contributed by atoms with Crippen molar-refractivity contribution in [1.82, 2.24) is 9.97 Å². The van der Waals surface area contributed by atoms with Crippen molar-refractivity contribution in [1.29, 1.82) is 0 Å². The average Bonchev–Trinajstić information content (AvgIpc) is 2.57. The number of hydrogen-bond acceptors (Lipinski definition) is 4. The Balaban J connectivity index is 1.62. The van der Waals surface area contributed by atoms with Gasteiger partial charge in [-0.15, -0.1) is 0 Å². The highest BCUT2D eigenvalue weighted by Gasteiger charge is 2.08. The minimum Gasteiger partial charge on any atom is -0.421 e. The molecule has 0 aliphatic carbocycles. The van der Waals surface area contributed by atoms with Gasteiger partial charge in [0.15, 0.2) is 11.6 Å². The highest BCUT2D eigenvalue weighted by atomic mass is 19.1. The molecular weight excluding hydrogens is 335 g/mol. The van der Waals surface area contributed by atoms with Crippen molar-refractivity contribution in [2.75, 3.05) is 10.6 Å². The maximum absolute atomic E-state index is 13.5. The molecule has 0 unspecified atom stereocenters. The number of ether oxygens (including phenoxy) is 1. The number of urea groups is 1. The lowest BCUT2D eigenvalue weighted by molar-refractivity contribution is 0.262. The van der Waals surface area contributed by atoms with Gasteiger partial charge in [-0.05, 0) is 49.2 Å². The molecule has 0 saturated carbocycles. The van der Waals surface area contributed by atoms with E-state index in [1.807, 2.05) is 32.0 Å². The van der Waals surface area contributed by atoms with Gasteiger partial charge in [-0.1, -0.05) is 18.2 Å². The normalized spacial score (nSPS) is 10.3. The first-order chi connectivity index (χ1) is 12.5. The second-order valence-corrected chi connectivity index (χ2v) is 5.74. The SMILES string of the molecule is Cc1cc(C)cc(NC(=O)Nc2cnc(Oc3ccccc3F)nc2)c1. The van der Waals surface area contributed by atoms with Crippen LogP contribution >= 0.6 is 0 Å². The van der Waals surface area contributed by atoms with Crippen LogP contribution in [0.5, 0.6) is 11.8 Å². The summed E-state index contributed by atoms with van der Waals surface area (Å²) in [5, 5.41) is 5.37. The van der Waals surface area contributed by atoms with E-state index in [2.05, 4.69) is 20.6 Å². The number of halogens is 1. The number of nitrogens with zero attached hydrogens (tertiary/aromatic N) is 2. The van der Waals surface area contributed by atoms with Crippen LogP contribution in [0.25, 0.3) is 0 Å². The molecule has 0 saturated heterocycles. The zero-order chi connectivity index (χ0) is 18.5. The van der Waals surface area contributed by atoms with Crippen LogP contribution in [0.1, 0.15) is 11.1 Å². The predicted molar refractivity (Wildman–Crippen MR) is 97.1 cm³/mol. The topological polar surface area (TPSA) is 76.1 Å². The molecule has 3 rings (SSSR count). The van der Waals surface area contributed by atoms with E-state index in [-0.39, 0.29) is 11.8 Å². The van der Waals surface area contributed by atoms with Crippen molar-refractivity contribution < 1.29 is 13.9 Å². The summed E-state index contributed by atoms with van der Waals surface area (Å²) in [6.07, 6.45) is 2.76. The Labute approximate surface area is 150 Å². The molecule has 2 N–H and O–H groups in total. The Kier molecular flexibility index (Phi) is 5.07. The van der Waals surface area contributed by atoms with Crippen LogP contribution < -0.4 is 15.4 Å². The number of rotatable bonds is 4. The first kappa shape index (κ1) is 17.3. The van der Waals surface area contributed by atoms with Crippen LogP contribution in [0.3, 0.4) is 0 Å². The van der Waals surface area contributed by atoms with E-state index in [1.54, 1.807) is 12.1 Å². The van der Waals surface area contributed by atoms with Gasteiger partial charge in [-0.2, -0.15) is 0 Å². The van der Waals surface area contributed by atoms with Gasteiger partial charge in [0.1, 0.15) is 0 Å². The van der Waals surface area contributed by atoms with Crippen LogP contribution in [0.4, 0.5) is 20.6 Å². The van der Waals surface area contributed by atoms with Crippen LogP contribution in [-0.4, -0.2) is 16.0 Å². The molecular formula is C19H17FN4O2. The fraction of sp³-hybridized carbons (Fsp3) is 0.105. The smallest absolute Gasteiger partial charge is 0.323 e. The average molecular weight is 352 g/mol. The number of para-hydroxylation sites is 1. The molecule has 1 heterocycles. The third kappa shape index (κ3) is 4.54. The summed E-state index contributed by atoms with van der Waals surface area (Å²) in [6, 6.07) is 11.3. The highest BCUT2D eigenvalue weighted by molar-refractivity contribution is 5.99. The minimum absolute atomic E-state index is 0.0182. The monoisotopic (exact) mass is 352 g/mol. The number of benzene rings is 2. The number of anilines is 2. The third-order valence-corrected chi connectivity index (χ3v) is 3.40. The summed E-state index contributed by atoms with van der Waals surface area (Å²) in [4.78, 5) is 20.0. The van der Waals surface area contributed by atoms with Crippen LogP contribution in [0, 0.1) is 19.7 Å². The van der Waals surface area contributed by atoms with Crippen molar-refractivity contribution in [3.63, 3.8) is 0 Å². The highest BCUT2D eigenvalue weighted by Crippen LogP contribution is 2.21. The molecule has 7 heteroatoms. The first-order valence-corrected chi connectivity index (χ1v) is 7.90. The van der Waals surface area contributed by atoms with E-state index in [0.717, 1.165) is 11.1 Å². The van der Waals surface area contributed by atoms with Gasteiger partial charge in [0.25, 0.3) is 0 Å². The zero-order valence-electron chi connectivity index (χ0n) is 14.3. The first-order valence-electron chi connectivity index (χ1n) is 7.90. The lowest BCUT2D eigenvalue weighted by atomic mass is 10.1. The second-order valence-electron chi connectivity index (χ2n) is 5.74. The van der Waals surface area contributed by atoms with E-state index < -0.39 is 11.8 Å². The van der Waals surface area contributed by atoms with Gasteiger partial charge in [0.05, 0.1) is 18.1 Å². The number of amides is 2. The number of nitrogens with one attached hydrogen (secondary N) is 2. The number of aromatic nitrogens is 2. The Morgan fingerprint density at radius 2 is 1.58 bits per heavy atom. The molecule has 1 aromatic heterocycles. The van der Waals surface area contributed by atoms with E-state index in [0.29, 0.717) is 11.4 Å². The van der Waals surface area contributed by atoms with Gasteiger partial charge in [0, 0.05) is 5.69 Å². The molecule has 26 heavy (non-hydrogen) atoms. The Hall–Kier alpha value is -3.48. The van der Waals surface area contributed by atoms with Gasteiger partial charge < -0.3 is 15.4 Å². The Morgan fingerprint density at radius 3 is 2.23 bits per heavy atom. The van der Waals surface area contributed by atoms with Crippen molar-refractivity contribution in [3.05, 3.63) is 71.8 Å². The van der Waals surface area contributed by atoms with E-state index in [1.165, 1.54) is 24.5 Å². The van der Waals surface area contributed by atoms with Gasteiger partial charge in [-0.3, -0.25) is 0 Å². The van der Waals surface area contributed by atoms with E-state index in [9.17, 15) is 9.18 Å². The van der Waals surface area contributed by atoms with E-state index >= 15 is 0 Å². The number of hydrogen-bond donors (Lipinski definition) is 2. The van der Waals surface area contributed by atoms with Crippen LogP contribution in [0.2, 0.25) is 0 Å². The fourth-order valence-corrected chi connectivity index (χ4v) is 2.40. The van der Waals surface area contributed by atoms with Crippen molar-refractivity contribution in [2.24, 2.45) is 0 Å². The van der Waals surface area contributed by atoms with Gasteiger partial charge in [-0.25, -0.2) is 19.2 Å². The summed E-state index contributed by atoms with van der Waals surface area (Å²) in [5.41, 5.74) is 3.18. The van der Waals surface area contributed by atoms with Gasteiger partial charge in [0.2, 0.25) is 0 Å². The molecule has 0 radical (unpaired) electrons. The van der Waals surface area contributed by atoms with Crippen LogP contribution in [-0.2, 0) is 0 Å². The fourth-order valence-electron chi connectivity index (χ4n) is 2.40. The number of aryl methyl sites for hydroxylation is 2. The standard InChI is InChI=1S/C19H17FN4O2/c1-12-7-13(2)9-14(8-12)23-18(25)24-15-10-21-19(22-11-15)26-17-6-4-3-5-16(17)20/h3-11H,1-2H3,(H2,23,24,25). The van der Waals surface area contributed by atoms with E-state index in [4.69, 9.17) is 4.74 Å². The Morgan fingerprint density at radius 1 is 0.962 bits per heavy atom. The minimum atomic E-state index is -0.508. The Bertz CT molecular complexity index is 909. The summed E-state index contributed by atoms with van der Waals surface area (Å²) >= 11 is 0. The van der Waals surface area contributed by atoms with Crippen molar-refractivity contribution in [2.45, 2.75) is 13.8 Å². The molecule has 0 aliphatic heterocycles. The van der Waals surface area contributed by atoms with Gasteiger partial charge >= 0.3 is 12.0 Å². The zero-order valence-corrected chi connectivity index (χ0v) is 14.3. The maximum Gasteiger partial charge on any atom is 0.323 e. The number of carbonyl (C=O) groups excluding carboxylic acids is 1. The molecule has 0 atom stereocenters. The summed E-state index contributed by atoms with van der Waals surface area (Å²) < 4.78 is 18.8. The van der Waals surface area contributed by atoms with Crippen molar-refractivity contribution in [3.8, 4) is 11.8 Å². The summed E-state index contributed by atoms with van der Waals surface area (Å²) in [6.45, 7) is 3.91. The molecule has 132 valence electrons. The molecule has 2 amide bonds. The molecule has 0 spiro atoms. The third-order valence-electron chi connectivity index (χ3n) is 3.40. The molecule has 0 bridgehead atoms. The lowest BCUT2D eigenvalue weighted by Gasteiger charge is -2.09. The predicted octanol–water partition coefficient (Wildman–Crippen LogP) is 4.67. The molecule has 2 aromatic carbocycles.